The first kappa shape index (κ1) is 14.7. The SMILES string of the molecule is CNc1nc(C)cc(NCC(C)(C)CCCO)n1. The van der Waals surface area contributed by atoms with Crippen LogP contribution in [0.15, 0.2) is 6.07 Å². The fourth-order valence-corrected chi connectivity index (χ4v) is 1.75. The number of hydrogen-bond acceptors (Lipinski definition) is 5. The molecule has 0 unspecified atom stereocenters. The predicted molar refractivity (Wildman–Crippen MR) is 74.9 cm³/mol. The van der Waals surface area contributed by atoms with Crippen molar-refractivity contribution in [3.63, 3.8) is 0 Å². The Morgan fingerprint density at radius 2 is 2.06 bits per heavy atom. The number of anilines is 2. The van der Waals surface area contributed by atoms with E-state index >= 15 is 0 Å². The maximum atomic E-state index is 8.87. The van der Waals surface area contributed by atoms with E-state index in [9.17, 15) is 0 Å². The van der Waals surface area contributed by atoms with E-state index in [1.165, 1.54) is 0 Å². The normalized spacial score (nSPS) is 11.4. The molecule has 0 spiro atoms. The maximum absolute atomic E-state index is 8.87. The molecule has 1 rings (SSSR count). The summed E-state index contributed by atoms with van der Waals surface area (Å²) in [7, 11) is 1.81. The molecule has 5 heteroatoms. The molecule has 3 N–H and O–H groups in total. The zero-order chi connectivity index (χ0) is 13.6. The summed E-state index contributed by atoms with van der Waals surface area (Å²) < 4.78 is 0. The van der Waals surface area contributed by atoms with Crippen molar-refractivity contribution in [2.45, 2.75) is 33.6 Å². The standard InChI is InChI=1S/C13H24N4O/c1-10-8-11(17-12(14-4)16-10)15-9-13(2,3)6-5-7-18/h8,18H,5-7,9H2,1-4H3,(H2,14,15,16,17). The molecule has 0 saturated heterocycles. The second-order valence-electron chi connectivity index (χ2n) is 5.31. The number of hydrogen-bond donors (Lipinski definition) is 3. The van der Waals surface area contributed by atoms with Crippen molar-refractivity contribution in [3.8, 4) is 0 Å². The summed E-state index contributed by atoms with van der Waals surface area (Å²) in [6.45, 7) is 7.39. The highest BCUT2D eigenvalue weighted by Crippen LogP contribution is 2.22. The Morgan fingerprint density at radius 1 is 1.33 bits per heavy atom. The van der Waals surface area contributed by atoms with Gasteiger partial charge in [-0.15, -0.1) is 0 Å². The first-order valence-corrected chi connectivity index (χ1v) is 6.35. The highest BCUT2D eigenvalue weighted by molar-refractivity contribution is 5.41. The summed E-state index contributed by atoms with van der Waals surface area (Å²) >= 11 is 0. The summed E-state index contributed by atoms with van der Waals surface area (Å²) in [6.07, 6.45) is 1.82. The minimum atomic E-state index is 0.140. The third-order valence-corrected chi connectivity index (χ3v) is 2.84. The van der Waals surface area contributed by atoms with Crippen LogP contribution < -0.4 is 10.6 Å². The van der Waals surface area contributed by atoms with Gasteiger partial charge in [-0.05, 0) is 25.2 Å². The quantitative estimate of drug-likeness (QED) is 0.692. The average molecular weight is 252 g/mol. The van der Waals surface area contributed by atoms with Crippen molar-refractivity contribution in [2.24, 2.45) is 5.41 Å². The largest absolute Gasteiger partial charge is 0.396 e. The molecule has 0 amide bonds. The van der Waals surface area contributed by atoms with Gasteiger partial charge in [-0.2, -0.15) is 4.98 Å². The van der Waals surface area contributed by atoms with E-state index in [0.29, 0.717) is 5.95 Å². The zero-order valence-corrected chi connectivity index (χ0v) is 11.7. The van der Waals surface area contributed by atoms with Crippen LogP contribution in [0.4, 0.5) is 11.8 Å². The van der Waals surface area contributed by atoms with Gasteiger partial charge in [0.15, 0.2) is 0 Å². The molecule has 0 radical (unpaired) electrons. The van der Waals surface area contributed by atoms with E-state index in [1.807, 2.05) is 20.0 Å². The van der Waals surface area contributed by atoms with Crippen molar-refractivity contribution >= 4 is 11.8 Å². The molecular formula is C13H24N4O. The second kappa shape index (κ2) is 6.54. The molecule has 0 aliphatic rings. The van der Waals surface area contributed by atoms with Gasteiger partial charge in [-0.1, -0.05) is 13.8 Å². The van der Waals surface area contributed by atoms with Gasteiger partial charge in [0.1, 0.15) is 5.82 Å². The molecule has 5 nitrogen and oxygen atoms in total. The lowest BCUT2D eigenvalue weighted by Gasteiger charge is -2.25. The van der Waals surface area contributed by atoms with Crippen LogP contribution in [0.3, 0.4) is 0 Å². The molecular weight excluding hydrogens is 228 g/mol. The van der Waals surface area contributed by atoms with Gasteiger partial charge in [0, 0.05) is 32.0 Å². The molecule has 0 aliphatic carbocycles. The molecule has 102 valence electrons. The lowest BCUT2D eigenvalue weighted by molar-refractivity contribution is 0.248. The minimum absolute atomic E-state index is 0.140. The number of aliphatic hydroxyl groups is 1. The molecule has 1 aromatic rings. The summed E-state index contributed by atoms with van der Waals surface area (Å²) in [5.74, 6) is 1.47. The fourth-order valence-electron chi connectivity index (χ4n) is 1.75. The number of nitrogens with zero attached hydrogens (tertiary/aromatic N) is 2. The number of aliphatic hydroxyl groups excluding tert-OH is 1. The Balaban J connectivity index is 2.59. The van der Waals surface area contributed by atoms with Gasteiger partial charge in [-0.3, -0.25) is 0 Å². The Bertz CT molecular complexity index is 379. The molecule has 1 aromatic heterocycles. The van der Waals surface area contributed by atoms with Gasteiger partial charge < -0.3 is 15.7 Å². The summed E-state index contributed by atoms with van der Waals surface area (Å²) in [5.41, 5.74) is 1.08. The highest BCUT2D eigenvalue weighted by Gasteiger charge is 2.17. The second-order valence-corrected chi connectivity index (χ2v) is 5.31. The van der Waals surface area contributed by atoms with Gasteiger partial charge in [-0.25, -0.2) is 4.98 Å². The van der Waals surface area contributed by atoms with E-state index in [4.69, 9.17) is 5.11 Å². The van der Waals surface area contributed by atoms with Crippen LogP contribution in [-0.2, 0) is 0 Å². The lowest BCUT2D eigenvalue weighted by Crippen LogP contribution is -2.24. The zero-order valence-electron chi connectivity index (χ0n) is 11.7. The number of nitrogens with one attached hydrogen (secondary N) is 2. The Kier molecular flexibility index (Phi) is 5.34. The van der Waals surface area contributed by atoms with Gasteiger partial charge in [0.2, 0.25) is 5.95 Å². The van der Waals surface area contributed by atoms with E-state index in [0.717, 1.165) is 30.9 Å². The molecule has 18 heavy (non-hydrogen) atoms. The molecule has 1 heterocycles. The smallest absolute Gasteiger partial charge is 0.224 e. The molecule has 0 aromatic carbocycles. The number of aryl methyl sites for hydroxylation is 1. The monoisotopic (exact) mass is 252 g/mol. The van der Waals surface area contributed by atoms with Crippen molar-refractivity contribution in [2.75, 3.05) is 30.8 Å². The molecule has 0 bridgehead atoms. The lowest BCUT2D eigenvalue weighted by atomic mass is 9.88. The van der Waals surface area contributed by atoms with Gasteiger partial charge in [0.05, 0.1) is 0 Å². The predicted octanol–water partition coefficient (Wildman–Crippen LogP) is 2.04. The summed E-state index contributed by atoms with van der Waals surface area (Å²) in [5, 5.41) is 15.2. The van der Waals surface area contributed by atoms with Crippen LogP contribution in [0.25, 0.3) is 0 Å². The number of rotatable bonds is 7. The fraction of sp³-hybridized carbons (Fsp3) is 0.692. The van der Waals surface area contributed by atoms with Crippen LogP contribution in [0.1, 0.15) is 32.4 Å². The first-order chi connectivity index (χ1) is 8.46. The molecule has 0 atom stereocenters. The third kappa shape index (κ3) is 4.87. The molecule has 0 aliphatic heterocycles. The number of aromatic nitrogens is 2. The van der Waals surface area contributed by atoms with Crippen LogP contribution in [0.2, 0.25) is 0 Å². The topological polar surface area (TPSA) is 70.1 Å². The van der Waals surface area contributed by atoms with Crippen LogP contribution in [0, 0.1) is 12.3 Å². The highest BCUT2D eigenvalue weighted by atomic mass is 16.2. The first-order valence-electron chi connectivity index (χ1n) is 6.35. The minimum Gasteiger partial charge on any atom is -0.396 e. The van der Waals surface area contributed by atoms with E-state index in [1.54, 1.807) is 0 Å². The van der Waals surface area contributed by atoms with Gasteiger partial charge in [0.25, 0.3) is 0 Å². The molecule has 0 fully saturated rings. The maximum Gasteiger partial charge on any atom is 0.224 e. The average Bonchev–Trinajstić information content (AvgIpc) is 2.33. The molecule has 0 saturated carbocycles. The van der Waals surface area contributed by atoms with Crippen molar-refractivity contribution < 1.29 is 5.11 Å². The Morgan fingerprint density at radius 3 is 2.67 bits per heavy atom. The van der Waals surface area contributed by atoms with Gasteiger partial charge >= 0.3 is 0 Å². The van der Waals surface area contributed by atoms with Crippen molar-refractivity contribution in [3.05, 3.63) is 11.8 Å². The van der Waals surface area contributed by atoms with E-state index in [2.05, 4.69) is 34.4 Å². The van der Waals surface area contributed by atoms with E-state index < -0.39 is 0 Å². The van der Waals surface area contributed by atoms with Crippen LogP contribution in [0.5, 0.6) is 0 Å². The van der Waals surface area contributed by atoms with E-state index in [-0.39, 0.29) is 12.0 Å². The van der Waals surface area contributed by atoms with Crippen molar-refractivity contribution in [1.82, 2.24) is 9.97 Å². The van der Waals surface area contributed by atoms with Crippen LogP contribution in [-0.4, -0.2) is 35.3 Å². The third-order valence-electron chi connectivity index (χ3n) is 2.84. The Labute approximate surface area is 109 Å². The summed E-state index contributed by atoms with van der Waals surface area (Å²) in [6, 6.07) is 1.93. The van der Waals surface area contributed by atoms with Crippen molar-refractivity contribution in [1.29, 1.82) is 0 Å². The Hall–Kier alpha value is -1.36. The summed E-state index contributed by atoms with van der Waals surface area (Å²) in [4.78, 5) is 8.60. The van der Waals surface area contributed by atoms with Crippen LogP contribution >= 0.6 is 0 Å².